The number of likely N-dealkylation sites (tertiary alicyclic amines) is 1. The van der Waals surface area contributed by atoms with Crippen molar-refractivity contribution in [2.75, 3.05) is 26.2 Å². The van der Waals surface area contributed by atoms with Crippen LogP contribution in [0.15, 0.2) is 12.1 Å². The number of nitrogens with zero attached hydrogens (tertiary/aromatic N) is 1. The van der Waals surface area contributed by atoms with Gasteiger partial charge in [-0.3, -0.25) is 9.59 Å². The summed E-state index contributed by atoms with van der Waals surface area (Å²) in [4.78, 5) is 26.8. The van der Waals surface area contributed by atoms with Gasteiger partial charge in [0, 0.05) is 19.2 Å². The number of piperidine rings is 1. The van der Waals surface area contributed by atoms with Gasteiger partial charge in [-0.15, -0.1) is 0 Å². The van der Waals surface area contributed by atoms with Crippen LogP contribution in [0.5, 0.6) is 11.5 Å². The average molecular weight is 437 g/mol. The first kappa shape index (κ1) is 24.9. The van der Waals surface area contributed by atoms with E-state index in [0.29, 0.717) is 25.2 Å². The van der Waals surface area contributed by atoms with E-state index in [-0.39, 0.29) is 41.4 Å². The van der Waals surface area contributed by atoms with Crippen molar-refractivity contribution in [3.05, 3.63) is 23.3 Å². The Morgan fingerprint density at radius 3 is 2.29 bits per heavy atom. The van der Waals surface area contributed by atoms with Crippen LogP contribution in [0.2, 0.25) is 0 Å². The lowest BCUT2D eigenvalue weighted by Crippen LogP contribution is -2.47. The van der Waals surface area contributed by atoms with E-state index >= 15 is 0 Å². The maximum atomic E-state index is 12.9. The number of esters is 1. The number of aliphatic hydroxyl groups excluding tert-OH is 1. The van der Waals surface area contributed by atoms with Gasteiger partial charge in [0.25, 0.3) is 5.91 Å². The van der Waals surface area contributed by atoms with E-state index in [1.807, 2.05) is 13.8 Å². The number of aliphatic hydroxyl groups is 1. The zero-order valence-corrected chi connectivity index (χ0v) is 19.1. The molecule has 1 saturated heterocycles. The Labute approximate surface area is 184 Å². The van der Waals surface area contributed by atoms with Gasteiger partial charge in [-0.05, 0) is 63.6 Å². The number of ether oxygens (including phenoxy) is 1. The molecule has 1 heterocycles. The number of phenols is 2. The lowest BCUT2D eigenvalue weighted by Gasteiger charge is -2.33. The molecule has 0 saturated carbocycles. The summed E-state index contributed by atoms with van der Waals surface area (Å²) in [6.45, 7) is 10.4. The third kappa shape index (κ3) is 6.83. The summed E-state index contributed by atoms with van der Waals surface area (Å²) in [5.41, 5.74) is 0.202. The summed E-state index contributed by atoms with van der Waals surface area (Å²) in [7, 11) is 0. The van der Waals surface area contributed by atoms with Crippen LogP contribution in [0.4, 0.5) is 0 Å². The van der Waals surface area contributed by atoms with Crippen molar-refractivity contribution in [2.24, 2.45) is 5.92 Å². The molecule has 2 rings (SSSR count). The zero-order valence-electron chi connectivity index (χ0n) is 19.1. The molecule has 0 aromatic heterocycles. The van der Waals surface area contributed by atoms with Gasteiger partial charge in [0.15, 0.2) is 0 Å². The summed E-state index contributed by atoms with van der Waals surface area (Å²) < 4.78 is 5.32. The highest BCUT2D eigenvalue weighted by Gasteiger charge is 2.29. The van der Waals surface area contributed by atoms with E-state index in [1.54, 1.807) is 31.7 Å². The minimum absolute atomic E-state index is 0.0164. The van der Waals surface area contributed by atoms with Crippen LogP contribution >= 0.6 is 0 Å². The third-order valence-corrected chi connectivity index (χ3v) is 5.43. The normalized spacial score (nSPS) is 16.4. The number of phenolic OH excluding ortho intramolecular Hbond substituents is 2. The second-order valence-corrected chi connectivity index (χ2v) is 9.50. The number of nitrogens with one attached hydrogen (secondary N) is 1. The van der Waals surface area contributed by atoms with Crippen LogP contribution in [0.3, 0.4) is 0 Å². The van der Waals surface area contributed by atoms with E-state index in [2.05, 4.69) is 5.32 Å². The number of aromatic hydroxyl groups is 2. The van der Waals surface area contributed by atoms with Gasteiger partial charge in [-0.2, -0.15) is 0 Å². The fourth-order valence-corrected chi connectivity index (χ4v) is 3.64. The molecule has 1 aliphatic rings. The molecule has 8 nitrogen and oxygen atoms in total. The quantitative estimate of drug-likeness (QED) is 0.485. The lowest BCUT2D eigenvalue weighted by atomic mass is 9.94. The summed E-state index contributed by atoms with van der Waals surface area (Å²) in [5.74, 6) is -0.705. The summed E-state index contributed by atoms with van der Waals surface area (Å²) in [6.07, 6.45) is 1.47. The average Bonchev–Trinajstić information content (AvgIpc) is 2.67. The van der Waals surface area contributed by atoms with E-state index in [9.17, 15) is 24.9 Å². The van der Waals surface area contributed by atoms with Crippen molar-refractivity contribution in [3.63, 3.8) is 0 Å². The van der Waals surface area contributed by atoms with Crippen LogP contribution in [0, 0.1) is 5.92 Å². The minimum Gasteiger partial charge on any atom is -0.508 e. The molecule has 174 valence electrons. The van der Waals surface area contributed by atoms with Gasteiger partial charge < -0.3 is 30.3 Å². The molecule has 1 aliphatic heterocycles. The Bertz CT molecular complexity index is 779. The van der Waals surface area contributed by atoms with Crippen molar-refractivity contribution < 1.29 is 29.6 Å². The van der Waals surface area contributed by atoms with E-state index in [4.69, 9.17) is 4.74 Å². The number of carbonyl (C=O) groups is 2. The molecule has 0 spiro atoms. The predicted octanol–water partition coefficient (Wildman–Crippen LogP) is 2.37. The SMILES string of the molecule is CC(C)c1cc(C(=O)N2CCC(CN[C@@H](CO)C(=O)OC(C)(C)C)CC2)c(O)cc1O. The molecule has 1 amide bonds. The van der Waals surface area contributed by atoms with E-state index in [1.165, 1.54) is 6.07 Å². The Kier molecular flexibility index (Phi) is 8.31. The molecule has 1 aromatic carbocycles. The van der Waals surface area contributed by atoms with Gasteiger partial charge >= 0.3 is 5.97 Å². The van der Waals surface area contributed by atoms with Crippen molar-refractivity contribution in [2.45, 2.75) is 65.0 Å². The van der Waals surface area contributed by atoms with Crippen molar-refractivity contribution >= 4 is 11.9 Å². The Morgan fingerprint density at radius 1 is 1.16 bits per heavy atom. The molecular formula is C23H36N2O6. The molecule has 0 radical (unpaired) electrons. The van der Waals surface area contributed by atoms with Crippen LogP contribution in [0.1, 0.15) is 69.3 Å². The van der Waals surface area contributed by atoms with Gasteiger partial charge in [0.05, 0.1) is 12.2 Å². The Balaban J connectivity index is 1.92. The lowest BCUT2D eigenvalue weighted by molar-refractivity contribution is -0.158. The van der Waals surface area contributed by atoms with E-state index < -0.39 is 17.6 Å². The molecule has 1 fully saturated rings. The van der Waals surface area contributed by atoms with Crippen molar-refractivity contribution in [3.8, 4) is 11.5 Å². The molecule has 0 unspecified atom stereocenters. The second kappa shape index (κ2) is 10.3. The topological polar surface area (TPSA) is 119 Å². The van der Waals surface area contributed by atoms with Crippen molar-refractivity contribution in [1.29, 1.82) is 0 Å². The number of hydrogen-bond donors (Lipinski definition) is 4. The van der Waals surface area contributed by atoms with Gasteiger partial charge in [-0.1, -0.05) is 13.8 Å². The van der Waals surface area contributed by atoms with Crippen LogP contribution in [0.25, 0.3) is 0 Å². The summed E-state index contributed by atoms with van der Waals surface area (Å²) in [5, 5.41) is 32.8. The first-order valence-corrected chi connectivity index (χ1v) is 10.8. The first-order chi connectivity index (χ1) is 14.4. The van der Waals surface area contributed by atoms with Crippen LogP contribution in [-0.4, -0.2) is 70.0 Å². The maximum absolute atomic E-state index is 12.9. The van der Waals surface area contributed by atoms with Crippen LogP contribution in [-0.2, 0) is 9.53 Å². The number of hydrogen-bond acceptors (Lipinski definition) is 7. The highest BCUT2D eigenvalue weighted by atomic mass is 16.6. The second-order valence-electron chi connectivity index (χ2n) is 9.50. The number of rotatable bonds is 7. The zero-order chi connectivity index (χ0) is 23.3. The first-order valence-electron chi connectivity index (χ1n) is 10.8. The van der Waals surface area contributed by atoms with Gasteiger partial charge in [0.1, 0.15) is 23.1 Å². The standard InChI is InChI=1S/C23H36N2O6/c1-14(2)16-10-17(20(28)11-19(16)27)21(29)25-8-6-15(7-9-25)12-24-18(13-26)22(30)31-23(3,4)5/h10-11,14-15,18,24,26-28H,6-9,12-13H2,1-5H3/t18-/m0/s1. The predicted molar refractivity (Wildman–Crippen MR) is 117 cm³/mol. The fourth-order valence-electron chi connectivity index (χ4n) is 3.64. The monoisotopic (exact) mass is 436 g/mol. The molecule has 0 bridgehead atoms. The van der Waals surface area contributed by atoms with Gasteiger partial charge in [-0.25, -0.2) is 0 Å². The molecule has 4 N–H and O–H groups in total. The smallest absolute Gasteiger partial charge is 0.326 e. The third-order valence-electron chi connectivity index (χ3n) is 5.43. The molecule has 1 aromatic rings. The van der Waals surface area contributed by atoms with Gasteiger partial charge in [0.2, 0.25) is 0 Å². The van der Waals surface area contributed by atoms with Crippen LogP contribution < -0.4 is 5.32 Å². The Hall–Kier alpha value is -2.32. The number of benzene rings is 1. The summed E-state index contributed by atoms with van der Waals surface area (Å²) >= 11 is 0. The molecular weight excluding hydrogens is 400 g/mol. The maximum Gasteiger partial charge on any atom is 0.326 e. The number of amides is 1. The highest BCUT2D eigenvalue weighted by molar-refractivity contribution is 5.97. The fraction of sp³-hybridized carbons (Fsp3) is 0.652. The Morgan fingerprint density at radius 2 is 1.77 bits per heavy atom. The summed E-state index contributed by atoms with van der Waals surface area (Å²) in [6, 6.07) is 2.02. The minimum atomic E-state index is -0.776. The molecule has 31 heavy (non-hydrogen) atoms. The molecule has 8 heteroatoms. The number of carbonyl (C=O) groups excluding carboxylic acids is 2. The molecule has 0 aliphatic carbocycles. The van der Waals surface area contributed by atoms with E-state index in [0.717, 1.165) is 12.8 Å². The largest absolute Gasteiger partial charge is 0.508 e. The van der Waals surface area contributed by atoms with Crippen molar-refractivity contribution in [1.82, 2.24) is 10.2 Å². The molecule has 1 atom stereocenters. The highest BCUT2D eigenvalue weighted by Crippen LogP contribution is 2.33.